The molecule has 1 saturated carbocycles. The summed E-state index contributed by atoms with van der Waals surface area (Å²) in [7, 11) is 0. The molecule has 0 spiro atoms. The summed E-state index contributed by atoms with van der Waals surface area (Å²) >= 11 is 3.32. The molecule has 1 heterocycles. The smallest absolute Gasteiger partial charge is 0.267 e. The fraction of sp³-hybridized carbons (Fsp3) is 0.583. The first-order chi connectivity index (χ1) is 7.69. The number of H-pyrrole nitrogens is 1. The van der Waals surface area contributed by atoms with E-state index in [1.54, 1.807) is 12.3 Å². The number of hydrogen-bond acceptors (Lipinski definition) is 1. The van der Waals surface area contributed by atoms with Crippen LogP contribution in [0, 0.1) is 5.92 Å². The van der Waals surface area contributed by atoms with E-state index in [1.807, 2.05) is 0 Å². The molecule has 1 amide bonds. The number of halogens is 1. The maximum Gasteiger partial charge on any atom is 0.267 e. The SMILES string of the molecule is CCC(CC1CC1)NC(=O)c1cc(Br)c[nH]1. The van der Waals surface area contributed by atoms with Crippen LogP contribution in [-0.2, 0) is 0 Å². The van der Waals surface area contributed by atoms with Crippen LogP contribution < -0.4 is 5.32 Å². The first-order valence-electron chi connectivity index (χ1n) is 5.83. The third kappa shape index (κ3) is 3.11. The molecule has 88 valence electrons. The second kappa shape index (κ2) is 5.04. The van der Waals surface area contributed by atoms with Crippen molar-refractivity contribution in [2.45, 2.75) is 38.6 Å². The Morgan fingerprint density at radius 2 is 2.44 bits per heavy atom. The van der Waals surface area contributed by atoms with Gasteiger partial charge in [-0.05, 0) is 40.8 Å². The van der Waals surface area contributed by atoms with Crippen LogP contribution in [0.4, 0.5) is 0 Å². The first-order valence-corrected chi connectivity index (χ1v) is 6.63. The molecule has 1 atom stereocenters. The van der Waals surface area contributed by atoms with E-state index in [9.17, 15) is 4.79 Å². The Morgan fingerprint density at radius 1 is 1.69 bits per heavy atom. The van der Waals surface area contributed by atoms with Crippen molar-refractivity contribution >= 4 is 21.8 Å². The van der Waals surface area contributed by atoms with Gasteiger partial charge in [0.2, 0.25) is 0 Å². The van der Waals surface area contributed by atoms with Crippen molar-refractivity contribution < 1.29 is 4.79 Å². The molecule has 0 aromatic carbocycles. The lowest BCUT2D eigenvalue weighted by Crippen LogP contribution is -2.34. The Bertz CT molecular complexity index is 371. The van der Waals surface area contributed by atoms with Crippen molar-refractivity contribution in [2.75, 3.05) is 0 Å². The first kappa shape index (κ1) is 11.7. The molecule has 0 radical (unpaired) electrons. The largest absolute Gasteiger partial charge is 0.356 e. The Hall–Kier alpha value is -0.770. The van der Waals surface area contributed by atoms with Gasteiger partial charge in [0.1, 0.15) is 5.69 Å². The van der Waals surface area contributed by atoms with Crippen LogP contribution in [0.3, 0.4) is 0 Å². The number of amides is 1. The van der Waals surface area contributed by atoms with Crippen LogP contribution >= 0.6 is 15.9 Å². The maximum atomic E-state index is 11.9. The van der Waals surface area contributed by atoms with Crippen molar-refractivity contribution in [3.8, 4) is 0 Å². The van der Waals surface area contributed by atoms with Gasteiger partial charge in [0.15, 0.2) is 0 Å². The summed E-state index contributed by atoms with van der Waals surface area (Å²) in [5.41, 5.74) is 0.626. The highest BCUT2D eigenvalue weighted by Crippen LogP contribution is 2.34. The topological polar surface area (TPSA) is 44.9 Å². The summed E-state index contributed by atoms with van der Waals surface area (Å²) in [6.45, 7) is 2.12. The molecule has 3 nitrogen and oxygen atoms in total. The van der Waals surface area contributed by atoms with Gasteiger partial charge in [0.25, 0.3) is 5.91 Å². The molecule has 0 saturated heterocycles. The zero-order valence-electron chi connectivity index (χ0n) is 9.42. The van der Waals surface area contributed by atoms with Crippen LogP contribution in [0.25, 0.3) is 0 Å². The molecule has 1 aromatic heterocycles. The molecule has 1 aliphatic rings. The highest BCUT2D eigenvalue weighted by molar-refractivity contribution is 9.10. The number of nitrogens with one attached hydrogen (secondary N) is 2. The van der Waals surface area contributed by atoms with Crippen molar-refractivity contribution in [2.24, 2.45) is 5.92 Å². The fourth-order valence-electron chi connectivity index (χ4n) is 1.85. The maximum absolute atomic E-state index is 11.9. The highest BCUT2D eigenvalue weighted by atomic mass is 79.9. The van der Waals surface area contributed by atoms with Crippen molar-refractivity contribution in [1.29, 1.82) is 0 Å². The van der Waals surface area contributed by atoms with Crippen molar-refractivity contribution in [1.82, 2.24) is 10.3 Å². The summed E-state index contributed by atoms with van der Waals surface area (Å²) in [4.78, 5) is 14.8. The van der Waals surface area contributed by atoms with Crippen molar-refractivity contribution in [3.05, 3.63) is 22.4 Å². The molecule has 1 fully saturated rings. The Labute approximate surface area is 104 Å². The van der Waals surface area contributed by atoms with Crippen LogP contribution in [0.2, 0.25) is 0 Å². The van der Waals surface area contributed by atoms with Gasteiger partial charge in [-0.2, -0.15) is 0 Å². The predicted molar refractivity (Wildman–Crippen MR) is 67.4 cm³/mol. The molecule has 16 heavy (non-hydrogen) atoms. The minimum Gasteiger partial charge on any atom is -0.356 e. The monoisotopic (exact) mass is 284 g/mol. The molecule has 0 bridgehead atoms. The minimum atomic E-state index is -0.00167. The van der Waals surface area contributed by atoms with Gasteiger partial charge in [-0.25, -0.2) is 0 Å². The molecule has 1 unspecified atom stereocenters. The summed E-state index contributed by atoms with van der Waals surface area (Å²) < 4.78 is 0.910. The second-order valence-corrected chi connectivity index (χ2v) is 5.40. The fourth-order valence-corrected chi connectivity index (χ4v) is 2.19. The quantitative estimate of drug-likeness (QED) is 0.858. The molecule has 1 aromatic rings. The van der Waals surface area contributed by atoms with Gasteiger partial charge in [-0.1, -0.05) is 19.8 Å². The minimum absolute atomic E-state index is 0.00167. The van der Waals surface area contributed by atoms with E-state index in [4.69, 9.17) is 0 Å². The molecule has 2 N–H and O–H groups in total. The molecule has 1 aliphatic carbocycles. The zero-order chi connectivity index (χ0) is 11.5. The van der Waals surface area contributed by atoms with Crippen LogP contribution in [0.5, 0.6) is 0 Å². The van der Waals surface area contributed by atoms with Gasteiger partial charge in [-0.15, -0.1) is 0 Å². The van der Waals surface area contributed by atoms with E-state index in [0.29, 0.717) is 11.7 Å². The van der Waals surface area contributed by atoms with E-state index >= 15 is 0 Å². The number of aromatic nitrogens is 1. The summed E-state index contributed by atoms with van der Waals surface area (Å²) in [5.74, 6) is 0.846. The average Bonchev–Trinajstić information content (AvgIpc) is 2.97. The number of carbonyl (C=O) groups excluding carboxylic acids is 1. The van der Waals surface area contributed by atoms with Gasteiger partial charge in [0.05, 0.1) is 0 Å². The van der Waals surface area contributed by atoms with E-state index in [-0.39, 0.29) is 5.91 Å². The van der Waals surface area contributed by atoms with Crippen LogP contribution in [-0.4, -0.2) is 16.9 Å². The lowest BCUT2D eigenvalue weighted by atomic mass is 10.1. The molecule has 4 heteroatoms. The van der Waals surface area contributed by atoms with Crippen LogP contribution in [0.15, 0.2) is 16.7 Å². The van der Waals surface area contributed by atoms with Crippen LogP contribution in [0.1, 0.15) is 43.1 Å². The summed E-state index contributed by atoms with van der Waals surface area (Å²) in [5, 5.41) is 3.08. The van der Waals surface area contributed by atoms with Gasteiger partial charge in [0, 0.05) is 16.7 Å². The number of aromatic amines is 1. The summed E-state index contributed by atoms with van der Waals surface area (Å²) in [6, 6.07) is 2.13. The zero-order valence-corrected chi connectivity index (χ0v) is 11.0. The van der Waals surface area contributed by atoms with E-state index in [1.165, 1.54) is 12.8 Å². The Balaban J connectivity index is 1.89. The van der Waals surface area contributed by atoms with E-state index in [0.717, 1.165) is 23.2 Å². The standard InChI is InChI=1S/C12H17BrN2O/c1-2-10(5-8-3-4-8)15-12(16)11-6-9(13)7-14-11/h6-8,10,14H,2-5H2,1H3,(H,15,16). The third-order valence-corrected chi connectivity index (χ3v) is 3.49. The number of hydrogen-bond donors (Lipinski definition) is 2. The predicted octanol–water partition coefficient (Wildman–Crippen LogP) is 3.09. The van der Waals surface area contributed by atoms with Gasteiger partial charge in [-0.3, -0.25) is 4.79 Å². The molecular weight excluding hydrogens is 268 g/mol. The number of rotatable bonds is 5. The van der Waals surface area contributed by atoms with Crippen molar-refractivity contribution in [3.63, 3.8) is 0 Å². The lowest BCUT2D eigenvalue weighted by molar-refractivity contribution is 0.0928. The van der Waals surface area contributed by atoms with E-state index < -0.39 is 0 Å². The molecule has 0 aliphatic heterocycles. The molecule has 2 rings (SSSR count). The number of carbonyl (C=O) groups is 1. The summed E-state index contributed by atoms with van der Waals surface area (Å²) in [6.07, 6.45) is 6.58. The second-order valence-electron chi connectivity index (χ2n) is 4.49. The van der Waals surface area contributed by atoms with E-state index in [2.05, 4.69) is 33.2 Å². The Morgan fingerprint density at radius 3 is 2.94 bits per heavy atom. The lowest BCUT2D eigenvalue weighted by Gasteiger charge is -2.15. The normalized spacial score (nSPS) is 17.1. The highest BCUT2D eigenvalue weighted by Gasteiger charge is 2.25. The average molecular weight is 285 g/mol. The third-order valence-electron chi connectivity index (χ3n) is 3.04. The Kier molecular flexibility index (Phi) is 3.69. The van der Waals surface area contributed by atoms with Gasteiger partial charge < -0.3 is 10.3 Å². The molecular formula is C12H17BrN2O. The van der Waals surface area contributed by atoms with Gasteiger partial charge >= 0.3 is 0 Å².